The Bertz CT molecular complexity index is 943. The number of aromatic nitrogens is 3. The smallest absolute Gasteiger partial charge is 0.254 e. The number of nitrogens with one attached hydrogen (secondary N) is 1. The van der Waals surface area contributed by atoms with Crippen molar-refractivity contribution in [1.82, 2.24) is 15.0 Å². The molecular weight excluding hydrogens is 342 g/mol. The normalized spacial score (nSPS) is 11.9. The minimum absolute atomic E-state index is 0.0889. The molecule has 0 fully saturated rings. The van der Waals surface area contributed by atoms with Gasteiger partial charge in [0.25, 0.3) is 5.91 Å². The Kier molecular flexibility index (Phi) is 4.55. The Labute approximate surface area is 146 Å². The van der Waals surface area contributed by atoms with Crippen LogP contribution in [0, 0.1) is 0 Å². The van der Waals surface area contributed by atoms with Crippen LogP contribution in [0.4, 0.5) is 17.5 Å². The van der Waals surface area contributed by atoms with Gasteiger partial charge in [0, 0.05) is 11.9 Å². The van der Waals surface area contributed by atoms with Crippen molar-refractivity contribution in [2.45, 2.75) is 13.0 Å². The zero-order chi connectivity index (χ0) is 18.0. The number of aldehydes is 1. The molecule has 0 aliphatic rings. The molecular formula is C15H15N7O2S. The fourth-order valence-corrected chi connectivity index (χ4v) is 2.81. The van der Waals surface area contributed by atoms with E-state index in [-0.39, 0.29) is 17.3 Å². The van der Waals surface area contributed by atoms with E-state index in [1.165, 1.54) is 17.5 Å². The number of primary amides is 1. The fraction of sp³-hybridized carbons (Fsp3) is 0.133. The monoisotopic (exact) mass is 357 g/mol. The molecule has 1 aromatic carbocycles. The lowest BCUT2D eigenvalue weighted by atomic mass is 10.2. The number of benzene rings is 1. The lowest BCUT2D eigenvalue weighted by Crippen LogP contribution is -2.41. The van der Waals surface area contributed by atoms with Crippen LogP contribution >= 0.6 is 11.3 Å². The maximum atomic E-state index is 11.6. The molecule has 0 saturated heterocycles. The molecule has 0 radical (unpaired) electrons. The van der Waals surface area contributed by atoms with Gasteiger partial charge in [0.15, 0.2) is 0 Å². The van der Waals surface area contributed by atoms with E-state index in [9.17, 15) is 9.59 Å². The van der Waals surface area contributed by atoms with Crippen LogP contribution in [0.3, 0.4) is 0 Å². The number of rotatable bonds is 6. The number of carbonyl (C=O) groups excluding carboxylic acids is 2. The molecule has 0 aliphatic carbocycles. The van der Waals surface area contributed by atoms with E-state index in [0.717, 1.165) is 15.2 Å². The highest BCUT2D eigenvalue weighted by Crippen LogP contribution is 2.25. The van der Waals surface area contributed by atoms with Gasteiger partial charge in [0.1, 0.15) is 23.7 Å². The van der Waals surface area contributed by atoms with Gasteiger partial charge in [0.2, 0.25) is 5.95 Å². The average Bonchev–Trinajstić information content (AvgIpc) is 3.07. The van der Waals surface area contributed by atoms with Crippen LogP contribution < -0.4 is 21.9 Å². The summed E-state index contributed by atoms with van der Waals surface area (Å²) in [5.74, 6) is 5.44. The number of anilines is 3. The largest absolute Gasteiger partial charge is 0.365 e. The molecule has 128 valence electrons. The standard InChI is InChI=1S/C15H15N7O2S/c1-8(6-23)22(17)15-18-5-10(13(16)24)14(21-15)20-9-2-3-11-12(4-9)25-7-19-11/h2-8H,17H2,1H3,(H2,16,24)(H,18,20,21). The summed E-state index contributed by atoms with van der Waals surface area (Å²) in [5.41, 5.74) is 8.83. The zero-order valence-electron chi connectivity index (χ0n) is 13.2. The number of hydrogen-bond acceptors (Lipinski definition) is 9. The number of nitrogens with two attached hydrogens (primary N) is 2. The van der Waals surface area contributed by atoms with Crippen molar-refractivity contribution in [2.75, 3.05) is 10.3 Å². The fourth-order valence-electron chi connectivity index (χ4n) is 2.09. The van der Waals surface area contributed by atoms with Gasteiger partial charge in [-0.15, -0.1) is 11.3 Å². The van der Waals surface area contributed by atoms with E-state index in [1.807, 2.05) is 18.2 Å². The zero-order valence-corrected chi connectivity index (χ0v) is 14.0. The summed E-state index contributed by atoms with van der Waals surface area (Å²) in [6.45, 7) is 1.60. The molecule has 25 heavy (non-hydrogen) atoms. The Hall–Kier alpha value is -3.11. The van der Waals surface area contributed by atoms with Crippen LogP contribution in [0.5, 0.6) is 0 Å². The maximum absolute atomic E-state index is 11.6. The molecule has 0 spiro atoms. The van der Waals surface area contributed by atoms with Gasteiger partial charge in [-0.05, 0) is 25.1 Å². The molecule has 2 heterocycles. The SMILES string of the molecule is CC(C=O)N(N)c1ncc(C(N)=O)c(Nc2ccc3ncsc3c2)n1. The average molecular weight is 357 g/mol. The minimum Gasteiger partial charge on any atom is -0.365 e. The summed E-state index contributed by atoms with van der Waals surface area (Å²) in [7, 11) is 0. The predicted octanol–water partition coefficient (Wildman–Crippen LogP) is 1.20. The van der Waals surface area contributed by atoms with Gasteiger partial charge in [-0.2, -0.15) is 4.98 Å². The van der Waals surface area contributed by atoms with Crippen LogP contribution in [0.15, 0.2) is 29.9 Å². The summed E-state index contributed by atoms with van der Waals surface area (Å²) in [6, 6.07) is 4.92. The van der Waals surface area contributed by atoms with Crippen LogP contribution in [-0.4, -0.2) is 33.2 Å². The van der Waals surface area contributed by atoms with Gasteiger partial charge in [-0.1, -0.05) is 0 Å². The first-order valence-electron chi connectivity index (χ1n) is 7.26. The summed E-state index contributed by atoms with van der Waals surface area (Å²) in [5, 5.41) is 4.15. The third-order valence-corrected chi connectivity index (χ3v) is 4.29. The summed E-state index contributed by atoms with van der Waals surface area (Å²) in [4.78, 5) is 35.0. The van der Waals surface area contributed by atoms with Gasteiger partial charge < -0.3 is 15.8 Å². The maximum Gasteiger partial charge on any atom is 0.254 e. The Morgan fingerprint density at radius 1 is 1.40 bits per heavy atom. The van der Waals surface area contributed by atoms with Crippen molar-refractivity contribution >= 4 is 51.2 Å². The van der Waals surface area contributed by atoms with Gasteiger partial charge in [-0.3, -0.25) is 9.80 Å². The lowest BCUT2D eigenvalue weighted by Gasteiger charge is -2.20. The van der Waals surface area contributed by atoms with Gasteiger partial charge >= 0.3 is 0 Å². The topological polar surface area (TPSA) is 140 Å². The van der Waals surface area contributed by atoms with Crippen LogP contribution in [0.25, 0.3) is 10.2 Å². The number of hydrogen-bond donors (Lipinski definition) is 3. The number of nitrogens with zero attached hydrogens (tertiary/aromatic N) is 4. The first kappa shape index (κ1) is 16.7. The highest BCUT2D eigenvalue weighted by Gasteiger charge is 2.17. The Morgan fingerprint density at radius 3 is 2.92 bits per heavy atom. The molecule has 2 aromatic heterocycles. The number of hydrazine groups is 1. The van der Waals surface area contributed by atoms with Crippen molar-refractivity contribution < 1.29 is 9.59 Å². The predicted molar refractivity (Wildman–Crippen MR) is 95.6 cm³/mol. The van der Waals surface area contributed by atoms with E-state index < -0.39 is 11.9 Å². The molecule has 0 aliphatic heterocycles. The Balaban J connectivity index is 1.99. The number of fused-ring (bicyclic) bond motifs is 1. The van der Waals surface area contributed by atoms with E-state index in [2.05, 4.69) is 20.3 Å². The third-order valence-electron chi connectivity index (χ3n) is 3.50. The second kappa shape index (κ2) is 6.79. The first-order valence-corrected chi connectivity index (χ1v) is 8.14. The number of thiazole rings is 1. The quantitative estimate of drug-likeness (QED) is 0.339. The van der Waals surface area contributed by atoms with Crippen LogP contribution in [0.2, 0.25) is 0 Å². The second-order valence-electron chi connectivity index (χ2n) is 5.24. The second-order valence-corrected chi connectivity index (χ2v) is 6.13. The van der Waals surface area contributed by atoms with E-state index >= 15 is 0 Å². The Morgan fingerprint density at radius 2 is 2.20 bits per heavy atom. The summed E-state index contributed by atoms with van der Waals surface area (Å²) >= 11 is 1.49. The van der Waals surface area contributed by atoms with Crippen molar-refractivity contribution in [3.63, 3.8) is 0 Å². The molecule has 10 heteroatoms. The van der Waals surface area contributed by atoms with Crippen LogP contribution in [-0.2, 0) is 4.79 Å². The highest BCUT2D eigenvalue weighted by atomic mass is 32.1. The third kappa shape index (κ3) is 3.39. The van der Waals surface area contributed by atoms with Gasteiger partial charge in [0.05, 0.1) is 15.7 Å². The molecule has 9 nitrogen and oxygen atoms in total. The summed E-state index contributed by atoms with van der Waals surface area (Å²) in [6.07, 6.45) is 1.94. The number of carbonyl (C=O) groups is 2. The lowest BCUT2D eigenvalue weighted by molar-refractivity contribution is -0.108. The molecule has 1 amide bonds. The molecule has 3 aromatic rings. The van der Waals surface area contributed by atoms with E-state index in [4.69, 9.17) is 11.6 Å². The van der Waals surface area contributed by atoms with E-state index in [1.54, 1.807) is 12.4 Å². The van der Waals surface area contributed by atoms with Crippen molar-refractivity contribution in [2.24, 2.45) is 11.6 Å². The van der Waals surface area contributed by atoms with E-state index in [0.29, 0.717) is 12.0 Å². The highest BCUT2D eigenvalue weighted by molar-refractivity contribution is 7.16. The van der Waals surface area contributed by atoms with Crippen molar-refractivity contribution in [1.29, 1.82) is 0 Å². The summed E-state index contributed by atoms with van der Waals surface area (Å²) < 4.78 is 0.981. The van der Waals surface area contributed by atoms with Gasteiger partial charge in [-0.25, -0.2) is 15.8 Å². The molecule has 5 N–H and O–H groups in total. The first-order chi connectivity index (χ1) is 12.0. The molecule has 0 bridgehead atoms. The molecule has 1 atom stereocenters. The molecule has 0 saturated carbocycles. The van der Waals surface area contributed by atoms with Crippen molar-refractivity contribution in [3.8, 4) is 0 Å². The number of amides is 1. The molecule has 1 unspecified atom stereocenters. The minimum atomic E-state index is -0.681. The van der Waals surface area contributed by atoms with Crippen molar-refractivity contribution in [3.05, 3.63) is 35.5 Å². The van der Waals surface area contributed by atoms with Crippen LogP contribution in [0.1, 0.15) is 17.3 Å². The molecule has 3 rings (SSSR count).